The van der Waals surface area contributed by atoms with Crippen LogP contribution in [0.15, 0.2) is 30.3 Å². The van der Waals surface area contributed by atoms with E-state index in [1.54, 1.807) is 18.2 Å². The van der Waals surface area contributed by atoms with Crippen molar-refractivity contribution < 1.29 is 14.4 Å². The molecule has 172 valence electrons. The van der Waals surface area contributed by atoms with Crippen LogP contribution in [0.2, 0.25) is 0 Å². The van der Waals surface area contributed by atoms with Crippen LogP contribution in [0, 0.1) is 33.6 Å². The molecule has 0 spiro atoms. The van der Waals surface area contributed by atoms with Crippen LogP contribution >= 0.6 is 0 Å². The average molecular weight is 439 g/mol. The Hall–Kier alpha value is -3.35. The topological polar surface area (TPSA) is 99.3 Å². The van der Waals surface area contributed by atoms with Crippen LogP contribution < -0.4 is 21.3 Å². The first-order valence-electron chi connectivity index (χ1n) is 10.8. The largest absolute Gasteiger partial charge is 0.376 e. The Morgan fingerprint density at radius 2 is 1.47 bits per heavy atom. The Labute approximate surface area is 190 Å². The highest BCUT2D eigenvalue weighted by Gasteiger charge is 2.11. The molecule has 2 aromatic carbocycles. The van der Waals surface area contributed by atoms with Crippen LogP contribution in [-0.2, 0) is 9.59 Å². The molecule has 3 amide bonds. The van der Waals surface area contributed by atoms with E-state index in [1.165, 1.54) is 0 Å². The van der Waals surface area contributed by atoms with Gasteiger partial charge in [-0.2, -0.15) is 0 Å². The van der Waals surface area contributed by atoms with Gasteiger partial charge in [0.05, 0.1) is 13.1 Å². The first kappa shape index (κ1) is 24.9. The summed E-state index contributed by atoms with van der Waals surface area (Å²) in [5.41, 5.74) is 6.09. The zero-order valence-corrected chi connectivity index (χ0v) is 19.8. The number of carbonyl (C=O) groups is 3. The van der Waals surface area contributed by atoms with E-state index in [0.29, 0.717) is 18.0 Å². The lowest BCUT2D eigenvalue weighted by Gasteiger charge is -2.14. The lowest BCUT2D eigenvalue weighted by Crippen LogP contribution is -2.36. The van der Waals surface area contributed by atoms with Gasteiger partial charge in [-0.3, -0.25) is 14.4 Å². The van der Waals surface area contributed by atoms with Gasteiger partial charge in [-0.15, -0.1) is 0 Å². The Morgan fingerprint density at radius 1 is 0.812 bits per heavy atom. The van der Waals surface area contributed by atoms with Gasteiger partial charge < -0.3 is 21.3 Å². The minimum Gasteiger partial charge on any atom is -0.376 e. The summed E-state index contributed by atoms with van der Waals surface area (Å²) < 4.78 is 0. The number of rotatable bonds is 9. The molecule has 4 N–H and O–H groups in total. The lowest BCUT2D eigenvalue weighted by molar-refractivity contribution is -0.122. The number of carbonyl (C=O) groups excluding carboxylic acids is 3. The molecule has 0 saturated heterocycles. The molecule has 0 heterocycles. The van der Waals surface area contributed by atoms with Gasteiger partial charge in [-0.05, 0) is 68.5 Å². The normalized spacial score (nSPS) is 10.6. The molecule has 7 heteroatoms. The third-order valence-corrected chi connectivity index (χ3v) is 4.99. The smallest absolute Gasteiger partial charge is 0.251 e. The summed E-state index contributed by atoms with van der Waals surface area (Å²) in [6.45, 7) is 12.4. The summed E-state index contributed by atoms with van der Waals surface area (Å²) in [6.07, 6.45) is 0. The fourth-order valence-corrected chi connectivity index (χ4v) is 3.38. The maximum absolute atomic E-state index is 12.2. The summed E-state index contributed by atoms with van der Waals surface area (Å²) in [4.78, 5) is 36.6. The number of amides is 3. The van der Waals surface area contributed by atoms with E-state index in [4.69, 9.17) is 0 Å². The molecule has 0 saturated carbocycles. The first-order chi connectivity index (χ1) is 15.1. The van der Waals surface area contributed by atoms with Crippen molar-refractivity contribution in [1.82, 2.24) is 10.6 Å². The Kier molecular flexibility index (Phi) is 8.81. The van der Waals surface area contributed by atoms with Gasteiger partial charge in [-0.1, -0.05) is 31.5 Å². The summed E-state index contributed by atoms with van der Waals surface area (Å²) in [5.74, 6) is -0.306. The molecule has 0 unspecified atom stereocenters. The zero-order valence-electron chi connectivity index (χ0n) is 19.8. The summed E-state index contributed by atoms with van der Waals surface area (Å²) >= 11 is 0. The molecule has 2 rings (SSSR count). The number of benzene rings is 2. The fourth-order valence-electron chi connectivity index (χ4n) is 3.38. The van der Waals surface area contributed by atoms with Crippen LogP contribution in [0.1, 0.15) is 46.5 Å². The highest BCUT2D eigenvalue weighted by molar-refractivity contribution is 5.96. The van der Waals surface area contributed by atoms with E-state index in [0.717, 1.165) is 33.6 Å². The molecule has 0 aliphatic rings. The molecule has 0 aliphatic carbocycles. The molecule has 0 aliphatic heterocycles. The van der Waals surface area contributed by atoms with E-state index < -0.39 is 0 Å². The molecule has 0 radical (unpaired) electrons. The molecule has 0 aromatic heterocycles. The van der Waals surface area contributed by atoms with E-state index in [9.17, 15) is 14.4 Å². The second kappa shape index (κ2) is 11.3. The average Bonchev–Trinajstić information content (AvgIpc) is 2.72. The van der Waals surface area contributed by atoms with E-state index in [1.807, 2.05) is 53.7 Å². The third kappa shape index (κ3) is 7.41. The predicted octanol–water partition coefficient (Wildman–Crippen LogP) is 3.47. The van der Waals surface area contributed by atoms with Crippen LogP contribution in [0.25, 0.3) is 0 Å². The predicted molar refractivity (Wildman–Crippen MR) is 129 cm³/mol. The Bertz CT molecular complexity index is 976. The molecule has 7 nitrogen and oxygen atoms in total. The maximum atomic E-state index is 12.2. The third-order valence-electron chi connectivity index (χ3n) is 4.99. The minimum atomic E-state index is -0.296. The van der Waals surface area contributed by atoms with Crippen molar-refractivity contribution in [2.75, 3.05) is 30.3 Å². The van der Waals surface area contributed by atoms with E-state index in [2.05, 4.69) is 21.3 Å². The fraction of sp³-hybridized carbons (Fsp3) is 0.400. The van der Waals surface area contributed by atoms with Crippen molar-refractivity contribution in [3.05, 3.63) is 58.1 Å². The summed E-state index contributed by atoms with van der Waals surface area (Å²) in [5, 5.41) is 11.4. The monoisotopic (exact) mass is 438 g/mol. The number of hydrogen-bond acceptors (Lipinski definition) is 4. The van der Waals surface area contributed by atoms with Crippen LogP contribution in [0.5, 0.6) is 0 Å². The highest BCUT2D eigenvalue weighted by atomic mass is 16.2. The Balaban J connectivity index is 1.83. The zero-order chi connectivity index (χ0) is 23.8. The summed E-state index contributed by atoms with van der Waals surface area (Å²) in [7, 11) is 0. The van der Waals surface area contributed by atoms with Gasteiger partial charge in [0.25, 0.3) is 5.91 Å². The van der Waals surface area contributed by atoms with Crippen molar-refractivity contribution in [3.8, 4) is 0 Å². The molecular formula is C25H34N4O3. The van der Waals surface area contributed by atoms with Crippen LogP contribution in [0.3, 0.4) is 0 Å². The first-order valence-corrected chi connectivity index (χ1v) is 10.8. The van der Waals surface area contributed by atoms with Crippen LogP contribution in [0.4, 0.5) is 11.4 Å². The molecule has 0 fully saturated rings. The molecule has 0 atom stereocenters. The van der Waals surface area contributed by atoms with Gasteiger partial charge in [0, 0.05) is 23.5 Å². The highest BCUT2D eigenvalue weighted by Crippen LogP contribution is 2.21. The van der Waals surface area contributed by atoms with Crippen LogP contribution in [-0.4, -0.2) is 37.4 Å². The van der Waals surface area contributed by atoms with Gasteiger partial charge in [0.2, 0.25) is 11.8 Å². The van der Waals surface area contributed by atoms with E-state index >= 15 is 0 Å². The molecule has 0 bridgehead atoms. The summed E-state index contributed by atoms with van der Waals surface area (Å²) in [6, 6.07) is 9.31. The minimum absolute atomic E-state index is 0.0234. The molecular weight excluding hydrogens is 404 g/mol. The quantitative estimate of drug-likeness (QED) is 0.482. The molecule has 32 heavy (non-hydrogen) atoms. The van der Waals surface area contributed by atoms with Gasteiger partial charge in [0.1, 0.15) is 0 Å². The number of aryl methyl sites for hydroxylation is 4. The second-order valence-electron chi connectivity index (χ2n) is 8.59. The maximum Gasteiger partial charge on any atom is 0.251 e. The lowest BCUT2D eigenvalue weighted by atomic mass is 10.1. The number of hydrogen-bond donors (Lipinski definition) is 4. The number of anilines is 2. The van der Waals surface area contributed by atoms with Crippen molar-refractivity contribution in [2.45, 2.75) is 41.5 Å². The Morgan fingerprint density at radius 3 is 2.06 bits per heavy atom. The van der Waals surface area contributed by atoms with Gasteiger partial charge in [0.15, 0.2) is 0 Å². The van der Waals surface area contributed by atoms with Crippen molar-refractivity contribution in [2.24, 2.45) is 5.92 Å². The van der Waals surface area contributed by atoms with Crippen molar-refractivity contribution in [1.29, 1.82) is 0 Å². The van der Waals surface area contributed by atoms with Crippen molar-refractivity contribution >= 4 is 29.1 Å². The SMILES string of the molecule is Cc1cc(C)c(NC(=O)CNC(=O)CNc2ccc(C(=O)NCC(C)C)cc2C)c(C)c1. The van der Waals surface area contributed by atoms with Gasteiger partial charge >= 0.3 is 0 Å². The van der Waals surface area contributed by atoms with Crippen molar-refractivity contribution in [3.63, 3.8) is 0 Å². The number of nitrogens with one attached hydrogen (secondary N) is 4. The van der Waals surface area contributed by atoms with E-state index in [-0.39, 0.29) is 30.8 Å². The molecule has 2 aromatic rings. The standard InChI is InChI=1S/C25H34N4O3/c1-15(2)12-28-25(32)20-7-8-21(17(4)11-20)26-13-22(30)27-14-23(31)29-24-18(5)9-16(3)10-19(24)6/h7-11,15,26H,12-14H2,1-6H3,(H,27,30)(H,28,32)(H,29,31). The second-order valence-corrected chi connectivity index (χ2v) is 8.59. The van der Waals surface area contributed by atoms with Gasteiger partial charge in [-0.25, -0.2) is 0 Å².